The van der Waals surface area contributed by atoms with Crippen molar-refractivity contribution in [1.82, 2.24) is 10.2 Å². The fraction of sp³-hybridized carbons (Fsp3) is 0.733. The summed E-state index contributed by atoms with van der Waals surface area (Å²) in [6.45, 7) is 7.46. The van der Waals surface area contributed by atoms with E-state index in [1.807, 2.05) is 13.0 Å². The zero-order valence-electron chi connectivity index (χ0n) is 12.9. The molecule has 0 aromatic rings. The van der Waals surface area contributed by atoms with Crippen LogP contribution in [0.4, 0.5) is 0 Å². The van der Waals surface area contributed by atoms with E-state index in [0.717, 1.165) is 51.4 Å². The van der Waals surface area contributed by atoms with E-state index in [2.05, 4.69) is 28.2 Å². The van der Waals surface area contributed by atoms with Crippen molar-refractivity contribution in [3.8, 4) is 0 Å². The molecule has 0 aromatic heterocycles. The third kappa shape index (κ3) is 5.23. The maximum absolute atomic E-state index is 11.5. The van der Waals surface area contributed by atoms with E-state index < -0.39 is 0 Å². The second-order valence-electron chi connectivity index (χ2n) is 4.88. The predicted molar refractivity (Wildman–Crippen MR) is 81.7 cm³/mol. The normalized spacial score (nSPS) is 17.6. The monoisotopic (exact) mass is 281 g/mol. The van der Waals surface area contributed by atoms with E-state index >= 15 is 0 Å². The molecule has 1 heterocycles. The Morgan fingerprint density at radius 3 is 2.70 bits per heavy atom. The van der Waals surface area contributed by atoms with Crippen molar-refractivity contribution in [3.05, 3.63) is 12.2 Å². The highest BCUT2D eigenvalue weighted by Gasteiger charge is 2.26. The highest BCUT2D eigenvalue weighted by Crippen LogP contribution is 2.18. The lowest BCUT2D eigenvalue weighted by Crippen LogP contribution is -2.46. The molecule has 0 amide bonds. The Labute approximate surface area is 122 Å². The van der Waals surface area contributed by atoms with Crippen LogP contribution in [0.15, 0.2) is 17.1 Å². The van der Waals surface area contributed by atoms with Gasteiger partial charge >= 0.3 is 5.97 Å². The van der Waals surface area contributed by atoms with Gasteiger partial charge in [0.25, 0.3) is 0 Å². The van der Waals surface area contributed by atoms with Crippen LogP contribution in [-0.4, -0.2) is 50.1 Å². The number of nitrogens with zero attached hydrogens (tertiary/aromatic N) is 2. The van der Waals surface area contributed by atoms with Gasteiger partial charge in [0, 0.05) is 26.2 Å². The van der Waals surface area contributed by atoms with Gasteiger partial charge in [-0.1, -0.05) is 12.2 Å². The molecule has 1 rings (SSSR count). The molecule has 20 heavy (non-hydrogen) atoms. The van der Waals surface area contributed by atoms with Crippen molar-refractivity contribution >= 4 is 11.9 Å². The van der Waals surface area contributed by atoms with Gasteiger partial charge in [-0.15, -0.1) is 0 Å². The number of allylic oxidation sites excluding steroid dienone is 1. The molecule has 0 radical (unpaired) electrons. The van der Waals surface area contributed by atoms with Gasteiger partial charge < -0.3 is 15.0 Å². The average molecular weight is 281 g/mol. The number of hydrogen-bond acceptors (Lipinski definition) is 3. The van der Waals surface area contributed by atoms with Crippen LogP contribution in [0.1, 0.15) is 33.1 Å². The second-order valence-corrected chi connectivity index (χ2v) is 4.88. The molecule has 1 N–H and O–H groups in total. The van der Waals surface area contributed by atoms with Crippen LogP contribution in [0.2, 0.25) is 0 Å². The maximum Gasteiger partial charge on any atom is 0.308 e. The minimum Gasteiger partial charge on any atom is -0.469 e. The van der Waals surface area contributed by atoms with Crippen molar-refractivity contribution in [2.45, 2.75) is 33.1 Å². The molecule has 0 atom stereocenters. The number of carbonyl (C=O) groups is 1. The third-order valence-electron chi connectivity index (χ3n) is 3.46. The molecule has 1 fully saturated rings. The quantitative estimate of drug-likeness (QED) is 0.274. The van der Waals surface area contributed by atoms with Crippen molar-refractivity contribution in [2.75, 3.05) is 33.3 Å². The molecule has 1 saturated heterocycles. The molecule has 0 aliphatic carbocycles. The van der Waals surface area contributed by atoms with Crippen LogP contribution in [0, 0.1) is 5.92 Å². The van der Waals surface area contributed by atoms with E-state index in [4.69, 9.17) is 4.74 Å². The number of hydrogen-bond donors (Lipinski definition) is 1. The summed E-state index contributed by atoms with van der Waals surface area (Å²) in [5, 5.41) is 3.32. The smallest absolute Gasteiger partial charge is 0.308 e. The van der Waals surface area contributed by atoms with Crippen LogP contribution in [0.5, 0.6) is 0 Å². The molecule has 114 valence electrons. The summed E-state index contributed by atoms with van der Waals surface area (Å²) in [6.07, 6.45) is 6.81. The van der Waals surface area contributed by atoms with E-state index in [0.29, 0.717) is 0 Å². The molecule has 5 nitrogen and oxygen atoms in total. The predicted octanol–water partition coefficient (Wildman–Crippen LogP) is 1.80. The minimum atomic E-state index is -0.0836. The standard InChI is InChI=1S/C15H27N3O2/c1-4-6-7-10-17-15(16-5-2)18-11-8-13(9-12-18)14(19)20-3/h4,6,13H,5,7-12H2,1-3H3,(H,16,17)/b6-4+. The molecule has 0 bridgehead atoms. The Kier molecular flexibility index (Phi) is 7.77. The lowest BCUT2D eigenvalue weighted by Gasteiger charge is -2.33. The van der Waals surface area contributed by atoms with E-state index in [1.54, 1.807) is 0 Å². The lowest BCUT2D eigenvalue weighted by molar-refractivity contribution is -0.146. The Bertz CT molecular complexity index is 345. The number of ether oxygens (including phenoxy) is 1. The summed E-state index contributed by atoms with van der Waals surface area (Å²) in [5.74, 6) is 0.919. The zero-order chi connectivity index (χ0) is 14.8. The van der Waals surface area contributed by atoms with E-state index in [1.165, 1.54) is 7.11 Å². The van der Waals surface area contributed by atoms with Gasteiger partial charge in [-0.2, -0.15) is 0 Å². The number of methoxy groups -OCH3 is 1. The van der Waals surface area contributed by atoms with E-state index in [-0.39, 0.29) is 11.9 Å². The molecule has 0 saturated carbocycles. The summed E-state index contributed by atoms with van der Waals surface area (Å²) < 4.78 is 4.81. The summed E-state index contributed by atoms with van der Waals surface area (Å²) in [4.78, 5) is 18.4. The summed E-state index contributed by atoms with van der Waals surface area (Å²) in [5.41, 5.74) is 0. The van der Waals surface area contributed by atoms with Gasteiger partial charge in [0.05, 0.1) is 13.0 Å². The molecule has 0 aromatic carbocycles. The summed E-state index contributed by atoms with van der Waals surface area (Å²) in [7, 11) is 1.46. The number of guanidine groups is 1. The minimum absolute atomic E-state index is 0.0437. The SMILES string of the molecule is C/C=C/CCN=C(NCC)N1CCC(C(=O)OC)CC1. The van der Waals surface area contributed by atoms with Gasteiger partial charge in [-0.05, 0) is 33.1 Å². The number of likely N-dealkylation sites (tertiary alicyclic amines) is 1. The second kappa shape index (κ2) is 9.39. The van der Waals surface area contributed by atoms with Crippen LogP contribution < -0.4 is 5.32 Å². The Morgan fingerprint density at radius 1 is 1.45 bits per heavy atom. The average Bonchev–Trinajstić information content (AvgIpc) is 2.50. The largest absolute Gasteiger partial charge is 0.469 e. The summed E-state index contributed by atoms with van der Waals surface area (Å²) >= 11 is 0. The van der Waals surface area contributed by atoms with Gasteiger partial charge in [0.2, 0.25) is 0 Å². The maximum atomic E-state index is 11.5. The molecule has 0 spiro atoms. The fourth-order valence-corrected chi connectivity index (χ4v) is 2.33. The highest BCUT2D eigenvalue weighted by molar-refractivity contribution is 5.80. The third-order valence-corrected chi connectivity index (χ3v) is 3.46. The fourth-order valence-electron chi connectivity index (χ4n) is 2.33. The number of carbonyl (C=O) groups excluding carboxylic acids is 1. The first-order valence-corrected chi connectivity index (χ1v) is 7.45. The Hall–Kier alpha value is -1.52. The van der Waals surface area contributed by atoms with Gasteiger partial charge in [0.1, 0.15) is 0 Å². The highest BCUT2D eigenvalue weighted by atomic mass is 16.5. The Morgan fingerprint density at radius 2 is 2.15 bits per heavy atom. The van der Waals surface area contributed by atoms with Crippen molar-refractivity contribution in [3.63, 3.8) is 0 Å². The zero-order valence-corrected chi connectivity index (χ0v) is 12.9. The van der Waals surface area contributed by atoms with Crippen LogP contribution >= 0.6 is 0 Å². The first-order valence-electron chi connectivity index (χ1n) is 7.45. The number of aliphatic imine (C=N–C) groups is 1. The van der Waals surface area contributed by atoms with E-state index in [9.17, 15) is 4.79 Å². The van der Waals surface area contributed by atoms with Crippen molar-refractivity contribution in [1.29, 1.82) is 0 Å². The number of nitrogens with one attached hydrogen (secondary N) is 1. The Balaban J connectivity index is 2.50. The molecular formula is C15H27N3O2. The molecule has 1 aliphatic rings. The van der Waals surface area contributed by atoms with Crippen molar-refractivity contribution < 1.29 is 9.53 Å². The molecule has 0 unspecified atom stereocenters. The molecule has 1 aliphatic heterocycles. The number of esters is 1. The summed E-state index contributed by atoms with van der Waals surface area (Å²) in [6, 6.07) is 0. The molecule has 5 heteroatoms. The van der Waals surface area contributed by atoms with Crippen LogP contribution in [-0.2, 0) is 9.53 Å². The van der Waals surface area contributed by atoms with Gasteiger partial charge in [-0.3, -0.25) is 9.79 Å². The number of rotatable bonds is 5. The first kappa shape index (κ1) is 16.5. The van der Waals surface area contributed by atoms with Gasteiger partial charge in [0.15, 0.2) is 5.96 Å². The van der Waals surface area contributed by atoms with Gasteiger partial charge in [-0.25, -0.2) is 0 Å². The number of piperidine rings is 1. The molecular weight excluding hydrogens is 254 g/mol. The first-order chi connectivity index (χ1) is 9.72. The lowest BCUT2D eigenvalue weighted by atomic mass is 9.97. The topological polar surface area (TPSA) is 53.9 Å². The van der Waals surface area contributed by atoms with Crippen molar-refractivity contribution in [2.24, 2.45) is 10.9 Å². The van der Waals surface area contributed by atoms with Crippen LogP contribution in [0.3, 0.4) is 0 Å². The van der Waals surface area contributed by atoms with Crippen LogP contribution in [0.25, 0.3) is 0 Å².